The van der Waals surface area contributed by atoms with Gasteiger partial charge in [-0.05, 0) is 25.2 Å². The monoisotopic (exact) mass is 376 g/mol. The Bertz CT molecular complexity index is 611. The van der Waals surface area contributed by atoms with E-state index in [9.17, 15) is 0 Å². The van der Waals surface area contributed by atoms with Crippen molar-refractivity contribution in [1.29, 1.82) is 0 Å². The summed E-state index contributed by atoms with van der Waals surface area (Å²) in [5.74, 6) is 3.26. The summed E-state index contributed by atoms with van der Waals surface area (Å²) in [6.07, 6.45) is 3.71. The predicted octanol–water partition coefficient (Wildman–Crippen LogP) is 1.87. The molecule has 1 unspecified atom stereocenters. The van der Waals surface area contributed by atoms with Crippen molar-refractivity contribution in [2.75, 3.05) is 59.0 Å². The maximum absolute atomic E-state index is 5.66. The van der Waals surface area contributed by atoms with Gasteiger partial charge >= 0.3 is 0 Å². The SMILES string of the molecule is CN=C(NCCOCC1CC1)NC1CCN(c2cc(OC)cc(OC)c2)C1. The Morgan fingerprint density at radius 2 is 1.89 bits per heavy atom. The number of rotatable bonds is 9. The number of hydrogen-bond acceptors (Lipinski definition) is 5. The van der Waals surface area contributed by atoms with Crippen molar-refractivity contribution in [1.82, 2.24) is 10.6 Å². The Morgan fingerprint density at radius 3 is 2.52 bits per heavy atom. The molecule has 0 radical (unpaired) electrons. The minimum Gasteiger partial charge on any atom is -0.497 e. The summed E-state index contributed by atoms with van der Waals surface area (Å²) in [5.41, 5.74) is 1.12. The van der Waals surface area contributed by atoms with Gasteiger partial charge in [0.15, 0.2) is 5.96 Å². The number of anilines is 1. The fourth-order valence-corrected chi connectivity index (χ4v) is 3.25. The first-order chi connectivity index (χ1) is 13.2. The van der Waals surface area contributed by atoms with E-state index in [-0.39, 0.29) is 0 Å². The number of nitrogens with one attached hydrogen (secondary N) is 2. The van der Waals surface area contributed by atoms with Crippen LogP contribution in [-0.4, -0.2) is 66.1 Å². The smallest absolute Gasteiger partial charge is 0.191 e. The molecule has 150 valence electrons. The molecule has 2 fully saturated rings. The van der Waals surface area contributed by atoms with E-state index in [0.29, 0.717) is 6.04 Å². The minimum absolute atomic E-state index is 0.348. The molecule has 1 aliphatic heterocycles. The highest BCUT2D eigenvalue weighted by molar-refractivity contribution is 5.80. The molecule has 7 heteroatoms. The molecule has 2 aliphatic rings. The Hall–Kier alpha value is -2.15. The number of hydrogen-bond donors (Lipinski definition) is 2. The van der Waals surface area contributed by atoms with Gasteiger partial charge in [-0.1, -0.05) is 0 Å². The summed E-state index contributed by atoms with van der Waals surface area (Å²) in [6.45, 7) is 4.29. The van der Waals surface area contributed by atoms with Gasteiger partial charge in [0.05, 0.1) is 20.8 Å². The number of ether oxygens (including phenoxy) is 3. The van der Waals surface area contributed by atoms with Crippen LogP contribution < -0.4 is 25.0 Å². The quantitative estimate of drug-likeness (QED) is 0.390. The number of methoxy groups -OCH3 is 2. The van der Waals surface area contributed by atoms with Crippen LogP contribution in [-0.2, 0) is 4.74 Å². The van der Waals surface area contributed by atoms with Gasteiger partial charge in [-0.15, -0.1) is 0 Å². The van der Waals surface area contributed by atoms with E-state index in [4.69, 9.17) is 14.2 Å². The molecule has 27 heavy (non-hydrogen) atoms. The van der Waals surface area contributed by atoms with Gasteiger partial charge in [-0.3, -0.25) is 4.99 Å². The average Bonchev–Trinajstić information content (AvgIpc) is 3.41. The van der Waals surface area contributed by atoms with Gasteiger partial charge in [0.1, 0.15) is 11.5 Å². The third kappa shape index (κ3) is 5.92. The molecular formula is C20H32N4O3. The zero-order valence-corrected chi connectivity index (χ0v) is 16.7. The van der Waals surface area contributed by atoms with E-state index in [0.717, 1.165) is 68.3 Å². The van der Waals surface area contributed by atoms with Crippen LogP contribution in [0.2, 0.25) is 0 Å². The van der Waals surface area contributed by atoms with E-state index < -0.39 is 0 Å². The van der Waals surface area contributed by atoms with E-state index >= 15 is 0 Å². The first-order valence-corrected chi connectivity index (χ1v) is 9.74. The van der Waals surface area contributed by atoms with Gasteiger partial charge in [0.25, 0.3) is 0 Å². The van der Waals surface area contributed by atoms with E-state index in [2.05, 4.69) is 32.7 Å². The average molecular weight is 377 g/mol. The Balaban J connectivity index is 1.45. The fraction of sp³-hybridized carbons (Fsp3) is 0.650. The largest absolute Gasteiger partial charge is 0.497 e. The molecule has 3 rings (SSSR count). The highest BCUT2D eigenvalue weighted by Gasteiger charge is 2.24. The summed E-state index contributed by atoms with van der Waals surface area (Å²) >= 11 is 0. The van der Waals surface area contributed by atoms with Crippen molar-refractivity contribution in [3.8, 4) is 11.5 Å². The first-order valence-electron chi connectivity index (χ1n) is 9.74. The van der Waals surface area contributed by atoms with Crippen molar-refractivity contribution in [2.45, 2.75) is 25.3 Å². The summed E-state index contributed by atoms with van der Waals surface area (Å²) in [4.78, 5) is 6.67. The van der Waals surface area contributed by atoms with Crippen molar-refractivity contribution in [3.05, 3.63) is 18.2 Å². The molecule has 1 saturated heterocycles. The predicted molar refractivity (Wildman–Crippen MR) is 108 cm³/mol. The highest BCUT2D eigenvalue weighted by atomic mass is 16.5. The van der Waals surface area contributed by atoms with Gasteiger partial charge in [0.2, 0.25) is 0 Å². The van der Waals surface area contributed by atoms with Crippen molar-refractivity contribution in [3.63, 3.8) is 0 Å². The van der Waals surface area contributed by atoms with Gasteiger partial charge in [-0.2, -0.15) is 0 Å². The standard InChI is InChI=1S/C20H32N4O3/c1-21-20(22-7-9-27-14-15-4-5-15)23-16-6-8-24(13-16)17-10-18(25-2)12-19(11-17)26-3/h10-12,15-16H,4-9,13-14H2,1-3H3,(H2,21,22,23). The zero-order chi connectivity index (χ0) is 19.1. The molecule has 2 N–H and O–H groups in total. The highest BCUT2D eigenvalue weighted by Crippen LogP contribution is 2.30. The van der Waals surface area contributed by atoms with Crippen LogP contribution >= 0.6 is 0 Å². The Kier molecular flexibility index (Phi) is 7.04. The van der Waals surface area contributed by atoms with Crippen LogP contribution in [0.1, 0.15) is 19.3 Å². The first kappa shape index (κ1) is 19.6. The maximum atomic E-state index is 5.66. The van der Waals surface area contributed by atoms with Crippen molar-refractivity contribution in [2.24, 2.45) is 10.9 Å². The normalized spacial score (nSPS) is 19.9. The van der Waals surface area contributed by atoms with Crippen LogP contribution in [0.3, 0.4) is 0 Å². The lowest BCUT2D eigenvalue weighted by atomic mass is 10.2. The third-order valence-electron chi connectivity index (χ3n) is 5.04. The summed E-state index contributed by atoms with van der Waals surface area (Å²) in [7, 11) is 5.16. The molecule has 1 heterocycles. The van der Waals surface area contributed by atoms with E-state index in [1.54, 1.807) is 21.3 Å². The second-order valence-electron chi connectivity index (χ2n) is 7.16. The number of benzene rings is 1. The van der Waals surface area contributed by atoms with Crippen LogP contribution in [0.15, 0.2) is 23.2 Å². The lowest BCUT2D eigenvalue weighted by molar-refractivity contribution is 0.129. The molecule has 0 aromatic heterocycles. The minimum atomic E-state index is 0.348. The van der Waals surface area contributed by atoms with Crippen LogP contribution in [0.5, 0.6) is 11.5 Å². The Labute approximate surface area is 162 Å². The molecule has 1 aromatic rings. The zero-order valence-electron chi connectivity index (χ0n) is 16.7. The van der Waals surface area contributed by atoms with Crippen molar-refractivity contribution >= 4 is 11.6 Å². The molecule has 1 atom stereocenters. The molecule has 1 saturated carbocycles. The van der Waals surface area contributed by atoms with Gasteiger partial charge in [-0.25, -0.2) is 0 Å². The lowest BCUT2D eigenvalue weighted by Crippen LogP contribution is -2.45. The molecule has 1 aromatic carbocycles. The maximum Gasteiger partial charge on any atom is 0.191 e. The second kappa shape index (κ2) is 9.69. The molecule has 0 spiro atoms. The molecule has 7 nitrogen and oxygen atoms in total. The van der Waals surface area contributed by atoms with E-state index in [1.165, 1.54) is 12.8 Å². The number of guanidine groups is 1. The third-order valence-corrected chi connectivity index (χ3v) is 5.04. The molecular weight excluding hydrogens is 344 g/mol. The Morgan fingerprint density at radius 1 is 1.15 bits per heavy atom. The van der Waals surface area contributed by atoms with Crippen LogP contribution in [0, 0.1) is 5.92 Å². The molecule has 1 aliphatic carbocycles. The summed E-state index contributed by atoms with van der Waals surface area (Å²) < 4.78 is 16.4. The number of nitrogens with zero attached hydrogens (tertiary/aromatic N) is 2. The summed E-state index contributed by atoms with van der Waals surface area (Å²) in [6, 6.07) is 6.34. The van der Waals surface area contributed by atoms with Gasteiger partial charge in [0, 0.05) is 63.2 Å². The van der Waals surface area contributed by atoms with Gasteiger partial charge < -0.3 is 29.7 Å². The summed E-state index contributed by atoms with van der Waals surface area (Å²) in [5, 5.41) is 6.85. The van der Waals surface area contributed by atoms with Crippen molar-refractivity contribution < 1.29 is 14.2 Å². The lowest BCUT2D eigenvalue weighted by Gasteiger charge is -2.21. The number of aliphatic imine (C=N–C) groups is 1. The fourth-order valence-electron chi connectivity index (χ4n) is 3.25. The molecule has 0 bridgehead atoms. The van der Waals surface area contributed by atoms with Crippen LogP contribution in [0.25, 0.3) is 0 Å². The van der Waals surface area contributed by atoms with E-state index in [1.807, 2.05) is 6.07 Å². The topological polar surface area (TPSA) is 67.4 Å². The molecule has 0 amide bonds. The second-order valence-corrected chi connectivity index (χ2v) is 7.16. The van der Waals surface area contributed by atoms with Crippen LogP contribution in [0.4, 0.5) is 5.69 Å².